The lowest BCUT2D eigenvalue weighted by atomic mass is 9.72. The largest absolute Gasteiger partial charge is 0.384 e. The monoisotopic (exact) mass is 574 g/mol. The molecular formula is C27H20Br2N4O. The highest BCUT2D eigenvalue weighted by Gasteiger charge is 2.43. The number of carbonyl (C=O) groups excluding carboxylic acids is 1. The van der Waals surface area contributed by atoms with Gasteiger partial charge in [-0.2, -0.15) is 5.26 Å². The van der Waals surface area contributed by atoms with Gasteiger partial charge in [0.25, 0.3) is 0 Å². The molecule has 0 fully saturated rings. The Balaban J connectivity index is 1.72. The van der Waals surface area contributed by atoms with E-state index in [9.17, 15) is 10.1 Å². The maximum Gasteiger partial charge on any atom is 0.162 e. The number of nitriles is 1. The zero-order valence-electron chi connectivity index (χ0n) is 18.1. The van der Waals surface area contributed by atoms with Crippen LogP contribution in [0.2, 0.25) is 0 Å². The number of carbonyl (C=O) groups is 1. The highest BCUT2D eigenvalue weighted by Crippen LogP contribution is 2.48. The Morgan fingerprint density at radius 3 is 2.29 bits per heavy atom. The summed E-state index contributed by atoms with van der Waals surface area (Å²) in [5, 5.41) is 10.2. The third-order valence-corrected chi connectivity index (χ3v) is 7.38. The maximum atomic E-state index is 13.8. The molecule has 0 unspecified atom stereocenters. The number of hydrogen-bond donors (Lipinski definition) is 1. The molecule has 3 aromatic rings. The van der Waals surface area contributed by atoms with Gasteiger partial charge >= 0.3 is 0 Å². The van der Waals surface area contributed by atoms with Gasteiger partial charge in [0.1, 0.15) is 11.6 Å². The first-order chi connectivity index (χ1) is 16.5. The summed E-state index contributed by atoms with van der Waals surface area (Å²) in [6.45, 7) is 0. The van der Waals surface area contributed by atoms with Gasteiger partial charge in [-0.1, -0.05) is 58.4 Å². The van der Waals surface area contributed by atoms with E-state index in [1.54, 1.807) is 11.1 Å². The summed E-state index contributed by atoms with van der Waals surface area (Å²) in [5.41, 5.74) is 10.4. The Hall–Kier alpha value is -3.21. The molecule has 1 aliphatic heterocycles. The first kappa shape index (κ1) is 22.6. The van der Waals surface area contributed by atoms with Crippen LogP contribution in [0.1, 0.15) is 35.8 Å². The number of Topliss-reactive ketones (excluding diaryl/α,β-unsaturated/α-hetero) is 1. The molecule has 34 heavy (non-hydrogen) atoms. The lowest BCUT2D eigenvalue weighted by Gasteiger charge is -2.41. The van der Waals surface area contributed by atoms with Crippen LogP contribution >= 0.6 is 31.9 Å². The number of ketones is 1. The minimum Gasteiger partial charge on any atom is -0.384 e. The predicted octanol–water partition coefficient (Wildman–Crippen LogP) is 6.31. The van der Waals surface area contributed by atoms with Crippen LogP contribution in [0.15, 0.2) is 105 Å². The average molecular weight is 576 g/mol. The molecule has 5 nitrogen and oxygen atoms in total. The normalized spacial score (nSPS) is 20.3. The summed E-state index contributed by atoms with van der Waals surface area (Å²) in [4.78, 5) is 20.1. The van der Waals surface area contributed by atoms with Crippen molar-refractivity contribution in [1.29, 1.82) is 5.26 Å². The van der Waals surface area contributed by atoms with Gasteiger partial charge in [-0.15, -0.1) is 0 Å². The molecule has 2 aromatic carbocycles. The first-order valence-corrected chi connectivity index (χ1v) is 12.4. The number of hydrogen-bond acceptors (Lipinski definition) is 5. The van der Waals surface area contributed by atoms with E-state index in [1.165, 1.54) is 0 Å². The fraction of sp³-hybridized carbons (Fsp3) is 0.148. The molecular weight excluding hydrogens is 556 g/mol. The Labute approximate surface area is 214 Å². The van der Waals surface area contributed by atoms with Gasteiger partial charge in [0.15, 0.2) is 5.78 Å². The third-order valence-electron chi connectivity index (χ3n) is 6.38. The van der Waals surface area contributed by atoms with Gasteiger partial charge in [0.2, 0.25) is 0 Å². The highest BCUT2D eigenvalue weighted by molar-refractivity contribution is 9.10. The molecule has 7 heteroatoms. The van der Waals surface area contributed by atoms with Crippen molar-refractivity contribution < 1.29 is 4.79 Å². The summed E-state index contributed by atoms with van der Waals surface area (Å²) in [5.74, 6) is 0.434. The van der Waals surface area contributed by atoms with E-state index in [0.29, 0.717) is 35.6 Å². The molecule has 2 atom stereocenters. The van der Waals surface area contributed by atoms with Crippen LogP contribution in [0.25, 0.3) is 0 Å². The fourth-order valence-electron chi connectivity index (χ4n) is 4.84. The highest BCUT2D eigenvalue weighted by atomic mass is 79.9. The average Bonchev–Trinajstić information content (AvgIpc) is 2.85. The second-order valence-corrected chi connectivity index (χ2v) is 10.2. The van der Waals surface area contributed by atoms with Crippen LogP contribution in [-0.2, 0) is 4.79 Å². The minimum absolute atomic E-state index is 0.0207. The molecule has 2 heterocycles. The number of rotatable bonds is 3. The van der Waals surface area contributed by atoms with Crippen LogP contribution in [0.3, 0.4) is 0 Å². The number of benzene rings is 2. The Morgan fingerprint density at radius 2 is 1.65 bits per heavy atom. The zero-order chi connectivity index (χ0) is 23.8. The minimum atomic E-state index is -0.510. The standard InChI is InChI=1S/C27H20Br2N4O/c28-19-8-6-17(7-9-19)25-21(14-30)27(31)33(24-11-10-20(29)15-32-24)22-12-18(13-23(34)26(22)25)16-4-2-1-3-5-16/h1-11,15,18,25H,12-13,31H2/t18-,25+/m0/s1. The van der Waals surface area contributed by atoms with Crippen LogP contribution in [0.4, 0.5) is 5.82 Å². The molecule has 1 aliphatic carbocycles. The van der Waals surface area contributed by atoms with Gasteiger partial charge in [-0.05, 0) is 63.7 Å². The quantitative estimate of drug-likeness (QED) is 0.396. The van der Waals surface area contributed by atoms with Crippen LogP contribution in [-0.4, -0.2) is 10.8 Å². The zero-order valence-corrected chi connectivity index (χ0v) is 21.3. The molecule has 0 saturated carbocycles. The summed E-state index contributed by atoms with van der Waals surface area (Å²) in [6, 6.07) is 23.8. The molecule has 2 aliphatic rings. The lowest BCUT2D eigenvalue weighted by Crippen LogP contribution is -2.40. The molecule has 0 spiro atoms. The van der Waals surface area contributed by atoms with Crippen molar-refractivity contribution in [2.45, 2.75) is 24.7 Å². The van der Waals surface area contributed by atoms with Gasteiger partial charge in [0, 0.05) is 32.8 Å². The van der Waals surface area contributed by atoms with Crippen molar-refractivity contribution >= 4 is 43.5 Å². The van der Waals surface area contributed by atoms with Gasteiger partial charge in [-0.25, -0.2) is 4.98 Å². The van der Waals surface area contributed by atoms with E-state index in [1.807, 2.05) is 54.6 Å². The summed E-state index contributed by atoms with van der Waals surface area (Å²) in [6.07, 6.45) is 2.69. The Bertz CT molecular complexity index is 1360. The number of anilines is 1. The second kappa shape index (κ2) is 9.21. The summed E-state index contributed by atoms with van der Waals surface area (Å²) < 4.78 is 1.76. The van der Waals surface area contributed by atoms with Crippen LogP contribution in [0, 0.1) is 11.3 Å². The van der Waals surface area contributed by atoms with Crippen LogP contribution < -0.4 is 10.6 Å². The van der Waals surface area contributed by atoms with Crippen molar-refractivity contribution in [3.63, 3.8) is 0 Å². The Kier molecular flexibility index (Phi) is 6.11. The number of pyridine rings is 1. The van der Waals surface area contributed by atoms with Crippen LogP contribution in [0.5, 0.6) is 0 Å². The van der Waals surface area contributed by atoms with Gasteiger partial charge in [-0.3, -0.25) is 9.69 Å². The first-order valence-electron chi connectivity index (χ1n) is 10.9. The molecule has 0 saturated heterocycles. The van der Waals surface area contributed by atoms with Crippen molar-refractivity contribution in [2.24, 2.45) is 5.73 Å². The smallest absolute Gasteiger partial charge is 0.162 e. The number of nitrogens with zero attached hydrogens (tertiary/aromatic N) is 3. The van der Waals surface area contributed by atoms with Crippen molar-refractivity contribution in [1.82, 2.24) is 4.98 Å². The lowest BCUT2D eigenvalue weighted by molar-refractivity contribution is -0.116. The van der Waals surface area contributed by atoms with Gasteiger partial charge < -0.3 is 5.73 Å². The molecule has 0 amide bonds. The topological polar surface area (TPSA) is 83.0 Å². The summed E-state index contributed by atoms with van der Waals surface area (Å²) >= 11 is 6.90. The number of halogens is 2. The predicted molar refractivity (Wildman–Crippen MR) is 139 cm³/mol. The molecule has 168 valence electrons. The van der Waals surface area contributed by atoms with Gasteiger partial charge in [0.05, 0.1) is 17.6 Å². The summed E-state index contributed by atoms with van der Waals surface area (Å²) in [7, 11) is 0. The van der Waals surface area contributed by atoms with E-state index in [-0.39, 0.29) is 11.7 Å². The van der Waals surface area contributed by atoms with Crippen molar-refractivity contribution in [2.75, 3.05) is 4.90 Å². The second-order valence-electron chi connectivity index (χ2n) is 8.36. The van der Waals surface area contributed by atoms with E-state index < -0.39 is 5.92 Å². The molecule has 2 N–H and O–H groups in total. The molecule has 5 rings (SSSR count). The SMILES string of the molecule is N#CC1=C(N)N(c2ccc(Br)cn2)C2=C(C(=O)C[C@@H](c3ccccc3)C2)[C@@H]1c1ccc(Br)cc1. The van der Waals surface area contributed by atoms with E-state index in [0.717, 1.165) is 25.8 Å². The maximum absolute atomic E-state index is 13.8. The van der Waals surface area contributed by atoms with Crippen molar-refractivity contribution in [3.8, 4) is 6.07 Å². The molecule has 0 bridgehead atoms. The van der Waals surface area contributed by atoms with Crippen molar-refractivity contribution in [3.05, 3.63) is 116 Å². The molecule has 1 aromatic heterocycles. The van der Waals surface area contributed by atoms with E-state index >= 15 is 0 Å². The fourth-order valence-corrected chi connectivity index (χ4v) is 5.34. The number of allylic oxidation sites excluding steroid dienone is 3. The molecule has 0 radical (unpaired) electrons. The third kappa shape index (κ3) is 3.97. The van der Waals surface area contributed by atoms with E-state index in [4.69, 9.17) is 5.73 Å². The Morgan fingerprint density at radius 1 is 0.941 bits per heavy atom. The number of aromatic nitrogens is 1. The number of nitrogens with two attached hydrogens (primary N) is 1. The van der Waals surface area contributed by atoms with E-state index in [2.05, 4.69) is 55.0 Å².